The number of amides is 2. The number of benzene rings is 1. The lowest BCUT2D eigenvalue weighted by molar-refractivity contribution is 0.00947. The number of nitrogens with zero attached hydrogens (tertiary/aromatic N) is 1. The molecule has 7 heteroatoms. The van der Waals surface area contributed by atoms with Gasteiger partial charge in [-0.25, -0.2) is 9.59 Å². The predicted octanol–water partition coefficient (Wildman–Crippen LogP) is 2.53. The average molecular weight is 364 g/mol. The van der Waals surface area contributed by atoms with Gasteiger partial charge in [0.05, 0.1) is 6.04 Å². The van der Waals surface area contributed by atoms with Crippen LogP contribution in [0, 0.1) is 5.92 Å². The van der Waals surface area contributed by atoms with E-state index in [1.165, 1.54) is 0 Å². The summed E-state index contributed by atoms with van der Waals surface area (Å²) in [5.41, 5.74) is 0.308. The van der Waals surface area contributed by atoms with Gasteiger partial charge < -0.3 is 24.8 Å². The normalized spacial score (nSPS) is 20.4. The number of nitrogens with one attached hydrogen (secondary N) is 1. The zero-order chi connectivity index (χ0) is 19.2. The van der Waals surface area contributed by atoms with Crippen LogP contribution >= 0.6 is 0 Å². The fourth-order valence-corrected chi connectivity index (χ4v) is 2.79. The van der Waals surface area contributed by atoms with Crippen LogP contribution in [0.2, 0.25) is 0 Å². The van der Waals surface area contributed by atoms with Gasteiger partial charge in [0.15, 0.2) is 0 Å². The van der Waals surface area contributed by atoms with Crippen LogP contribution in [-0.4, -0.2) is 53.5 Å². The Balaban J connectivity index is 1.89. The SMILES string of the molecule is CC(C)(C)OC(=O)N1CC[C@@H](CO)[C@H](NC(=O)OCc2ccccc2)C1. The maximum atomic E-state index is 12.2. The molecule has 1 aliphatic rings. The Hall–Kier alpha value is -2.28. The van der Waals surface area contributed by atoms with Crippen LogP contribution in [0.5, 0.6) is 0 Å². The first-order chi connectivity index (χ1) is 12.3. The lowest BCUT2D eigenvalue weighted by atomic mass is 9.92. The molecule has 2 atom stereocenters. The molecule has 0 radical (unpaired) electrons. The molecule has 0 unspecified atom stereocenters. The number of hydrogen-bond donors (Lipinski definition) is 2. The van der Waals surface area contributed by atoms with E-state index in [-0.39, 0.29) is 31.7 Å². The van der Waals surface area contributed by atoms with Crippen molar-refractivity contribution in [3.63, 3.8) is 0 Å². The second-order valence-electron chi connectivity index (χ2n) is 7.47. The highest BCUT2D eigenvalue weighted by Gasteiger charge is 2.34. The third-order valence-electron chi connectivity index (χ3n) is 4.16. The Morgan fingerprint density at radius 1 is 1.27 bits per heavy atom. The summed E-state index contributed by atoms with van der Waals surface area (Å²) in [5, 5.41) is 12.3. The number of hydrogen-bond acceptors (Lipinski definition) is 5. The molecule has 1 aromatic rings. The Bertz CT molecular complexity index is 600. The summed E-state index contributed by atoms with van der Waals surface area (Å²) in [6.07, 6.45) is -0.402. The summed E-state index contributed by atoms with van der Waals surface area (Å²) in [5.74, 6) is -0.127. The molecule has 0 bridgehead atoms. The van der Waals surface area contributed by atoms with Gasteiger partial charge >= 0.3 is 12.2 Å². The number of aliphatic hydroxyl groups is 1. The smallest absolute Gasteiger partial charge is 0.410 e. The van der Waals surface area contributed by atoms with E-state index < -0.39 is 17.8 Å². The van der Waals surface area contributed by atoms with Gasteiger partial charge in [-0.15, -0.1) is 0 Å². The van der Waals surface area contributed by atoms with Crippen molar-refractivity contribution >= 4 is 12.2 Å². The molecule has 0 aromatic heterocycles. The minimum absolute atomic E-state index is 0.0637. The highest BCUT2D eigenvalue weighted by Crippen LogP contribution is 2.20. The minimum Gasteiger partial charge on any atom is -0.445 e. The van der Waals surface area contributed by atoms with Crippen LogP contribution in [0.15, 0.2) is 30.3 Å². The Morgan fingerprint density at radius 3 is 2.58 bits per heavy atom. The average Bonchev–Trinajstić information content (AvgIpc) is 2.59. The molecular weight excluding hydrogens is 336 g/mol. The first kappa shape index (κ1) is 20.0. The van der Waals surface area contributed by atoms with E-state index in [2.05, 4.69) is 5.32 Å². The summed E-state index contributed by atoms with van der Waals surface area (Å²) in [6, 6.07) is 8.99. The maximum Gasteiger partial charge on any atom is 0.410 e. The van der Waals surface area contributed by atoms with Gasteiger partial charge in [0.2, 0.25) is 0 Å². The number of rotatable bonds is 4. The Labute approximate surface area is 154 Å². The van der Waals surface area contributed by atoms with Crippen molar-refractivity contribution in [1.29, 1.82) is 0 Å². The zero-order valence-corrected chi connectivity index (χ0v) is 15.6. The van der Waals surface area contributed by atoms with Gasteiger partial charge in [-0.2, -0.15) is 0 Å². The second-order valence-corrected chi connectivity index (χ2v) is 7.47. The van der Waals surface area contributed by atoms with Crippen molar-refractivity contribution in [2.75, 3.05) is 19.7 Å². The molecule has 1 aromatic carbocycles. The van der Waals surface area contributed by atoms with Crippen LogP contribution in [-0.2, 0) is 16.1 Å². The fourth-order valence-electron chi connectivity index (χ4n) is 2.79. The first-order valence-corrected chi connectivity index (χ1v) is 8.84. The van der Waals surface area contributed by atoms with E-state index in [4.69, 9.17) is 9.47 Å². The number of aliphatic hydroxyl groups excluding tert-OH is 1. The zero-order valence-electron chi connectivity index (χ0n) is 15.6. The lowest BCUT2D eigenvalue weighted by Crippen LogP contribution is -2.55. The van der Waals surface area contributed by atoms with Crippen LogP contribution in [0.4, 0.5) is 9.59 Å². The summed E-state index contributed by atoms with van der Waals surface area (Å²) >= 11 is 0. The first-order valence-electron chi connectivity index (χ1n) is 8.84. The van der Waals surface area contributed by atoms with Gasteiger partial charge in [0.1, 0.15) is 12.2 Å². The van der Waals surface area contributed by atoms with Crippen LogP contribution < -0.4 is 5.32 Å². The predicted molar refractivity (Wildman–Crippen MR) is 96.6 cm³/mol. The highest BCUT2D eigenvalue weighted by molar-refractivity contribution is 5.70. The van der Waals surface area contributed by atoms with E-state index in [1.807, 2.05) is 51.1 Å². The molecule has 0 aliphatic carbocycles. The molecule has 1 heterocycles. The minimum atomic E-state index is -0.581. The van der Waals surface area contributed by atoms with E-state index in [1.54, 1.807) is 4.90 Å². The third-order valence-corrected chi connectivity index (χ3v) is 4.16. The third kappa shape index (κ3) is 6.22. The number of carbonyl (C=O) groups is 2. The van der Waals surface area contributed by atoms with E-state index in [0.29, 0.717) is 13.0 Å². The van der Waals surface area contributed by atoms with Crippen LogP contribution in [0.25, 0.3) is 0 Å². The standard InChI is InChI=1S/C19H28N2O5/c1-19(2,3)26-18(24)21-10-9-15(12-22)16(11-21)20-17(23)25-13-14-7-5-4-6-8-14/h4-8,15-16,22H,9-13H2,1-3H3,(H,20,23)/t15-,16+/m0/s1. The number of alkyl carbamates (subject to hydrolysis) is 1. The molecular formula is C19H28N2O5. The Kier molecular flexibility index (Phi) is 6.85. The second kappa shape index (κ2) is 8.89. The van der Waals surface area contributed by atoms with Gasteiger partial charge in [-0.05, 0) is 32.8 Å². The van der Waals surface area contributed by atoms with Crippen molar-refractivity contribution in [3.8, 4) is 0 Å². The summed E-state index contributed by atoms with van der Waals surface area (Å²) in [7, 11) is 0. The number of likely N-dealkylation sites (tertiary alicyclic amines) is 1. The van der Waals surface area contributed by atoms with Gasteiger partial charge in [0.25, 0.3) is 0 Å². The lowest BCUT2D eigenvalue weighted by Gasteiger charge is -2.38. The molecule has 1 saturated heterocycles. The van der Waals surface area contributed by atoms with Crippen molar-refractivity contribution < 1.29 is 24.2 Å². The summed E-state index contributed by atoms with van der Waals surface area (Å²) in [4.78, 5) is 25.9. The molecule has 2 rings (SSSR count). The van der Waals surface area contributed by atoms with E-state index in [0.717, 1.165) is 5.56 Å². The van der Waals surface area contributed by atoms with Crippen LogP contribution in [0.1, 0.15) is 32.8 Å². The molecule has 0 saturated carbocycles. The largest absolute Gasteiger partial charge is 0.445 e. The van der Waals surface area contributed by atoms with E-state index in [9.17, 15) is 14.7 Å². The molecule has 1 fully saturated rings. The van der Waals surface area contributed by atoms with Crippen molar-refractivity contribution in [2.45, 2.75) is 45.4 Å². The monoisotopic (exact) mass is 364 g/mol. The van der Waals surface area contributed by atoms with Gasteiger partial charge in [0, 0.05) is 25.6 Å². The number of ether oxygens (including phenoxy) is 2. The van der Waals surface area contributed by atoms with Crippen molar-refractivity contribution in [2.24, 2.45) is 5.92 Å². The maximum absolute atomic E-state index is 12.2. The van der Waals surface area contributed by atoms with Crippen molar-refractivity contribution in [1.82, 2.24) is 10.2 Å². The number of carbonyl (C=O) groups excluding carboxylic acids is 2. The fraction of sp³-hybridized carbons (Fsp3) is 0.579. The molecule has 2 N–H and O–H groups in total. The quantitative estimate of drug-likeness (QED) is 0.857. The summed E-state index contributed by atoms with van der Waals surface area (Å²) in [6.45, 7) is 6.29. The highest BCUT2D eigenvalue weighted by atomic mass is 16.6. The van der Waals surface area contributed by atoms with Gasteiger partial charge in [-0.1, -0.05) is 30.3 Å². The Morgan fingerprint density at radius 2 is 1.96 bits per heavy atom. The van der Waals surface area contributed by atoms with E-state index >= 15 is 0 Å². The summed E-state index contributed by atoms with van der Waals surface area (Å²) < 4.78 is 10.6. The molecule has 26 heavy (non-hydrogen) atoms. The van der Waals surface area contributed by atoms with Crippen molar-refractivity contribution in [3.05, 3.63) is 35.9 Å². The molecule has 144 valence electrons. The topological polar surface area (TPSA) is 88.1 Å². The van der Waals surface area contributed by atoms with Gasteiger partial charge in [-0.3, -0.25) is 0 Å². The molecule has 0 spiro atoms. The molecule has 2 amide bonds. The number of piperidine rings is 1. The van der Waals surface area contributed by atoms with Crippen LogP contribution in [0.3, 0.4) is 0 Å². The molecule has 1 aliphatic heterocycles. The molecule has 7 nitrogen and oxygen atoms in total.